The van der Waals surface area contributed by atoms with Gasteiger partial charge in [0, 0.05) is 12.8 Å². The third-order valence-electron chi connectivity index (χ3n) is 10.8. The number of esters is 2. The van der Waals surface area contributed by atoms with E-state index in [4.69, 9.17) is 18.5 Å². The topological polar surface area (TPSA) is 250 Å². The van der Waals surface area contributed by atoms with Gasteiger partial charge in [0.05, 0.1) is 18.8 Å². The lowest BCUT2D eigenvalue weighted by atomic mass is 9.85. The molecule has 0 aromatic heterocycles. The van der Waals surface area contributed by atoms with Crippen LogP contribution in [0, 0.1) is 0 Å². The molecule has 1 fully saturated rings. The first-order chi connectivity index (χ1) is 30.2. The fourth-order valence-corrected chi connectivity index (χ4v) is 7.82. The summed E-state index contributed by atoms with van der Waals surface area (Å²) in [6, 6.07) is 0. The predicted octanol–water partition coefficient (Wildman–Crippen LogP) is 7.11. The first-order valence-corrected chi connectivity index (χ1v) is 25.1. The molecule has 63 heavy (non-hydrogen) atoms. The summed E-state index contributed by atoms with van der Waals surface area (Å²) in [6.45, 7) is 3.06. The van der Waals surface area contributed by atoms with Crippen LogP contribution in [0.15, 0.2) is 48.6 Å². The lowest BCUT2D eigenvalue weighted by Crippen LogP contribution is -2.64. The molecule has 1 saturated carbocycles. The number of hydrogen-bond acceptors (Lipinski definition) is 14. The number of phosphoric acid groups is 1. The number of unbranched alkanes of at least 4 members (excludes halogenated alkanes) is 14. The van der Waals surface area contributed by atoms with Gasteiger partial charge in [-0.15, -0.1) is 0 Å². The van der Waals surface area contributed by atoms with E-state index in [1.165, 1.54) is 25.7 Å². The fourth-order valence-electron chi connectivity index (χ4n) is 6.85. The van der Waals surface area contributed by atoms with Crippen molar-refractivity contribution in [3.05, 3.63) is 48.6 Å². The average molecular weight is 919 g/mol. The normalized spacial score (nSPS) is 23.1. The van der Waals surface area contributed by atoms with Crippen molar-refractivity contribution in [3.63, 3.8) is 0 Å². The standard InChI is InChI=1S/C47H83O15P/c1-3-5-7-9-11-12-13-14-15-16-17-18-19-20-21-25-29-33-40(50)59-35-37(36-60-63(57,58)62-47-45(55)43(53)42(52)44(54)46(47)56)61-41(51)34-30-26-22-24-28-32-39(49)38(48)31-27-23-10-8-6-4-2/h11-12,14-15,17-18,23,27,37-39,42-49,52-56H,3-10,13,16,19-22,24-26,28-36H2,1-2H3,(H,57,58)/b12-11-,15-14-,18-17-,27-23-/t37-,38+,39+,42?,43-,44+,45-,46-,47?/m1/s1. The van der Waals surface area contributed by atoms with Crippen LogP contribution in [0.25, 0.3) is 0 Å². The number of carbonyl (C=O) groups excluding carboxylic acids is 2. The molecule has 0 aliphatic heterocycles. The lowest BCUT2D eigenvalue weighted by molar-refractivity contribution is -0.220. The quantitative estimate of drug-likeness (QED) is 0.0133. The molecular weight excluding hydrogens is 835 g/mol. The van der Waals surface area contributed by atoms with Gasteiger partial charge in [0.2, 0.25) is 0 Å². The molecule has 16 heteroatoms. The molecule has 0 saturated heterocycles. The Kier molecular flexibility index (Phi) is 34.4. The first-order valence-electron chi connectivity index (χ1n) is 23.6. The first kappa shape index (κ1) is 58.7. The van der Waals surface area contributed by atoms with Gasteiger partial charge >= 0.3 is 19.8 Å². The summed E-state index contributed by atoms with van der Waals surface area (Å²) in [5.41, 5.74) is 0. The number of rotatable bonds is 38. The van der Waals surface area contributed by atoms with Crippen molar-refractivity contribution in [1.29, 1.82) is 0 Å². The van der Waals surface area contributed by atoms with E-state index < -0.39 is 87.9 Å². The van der Waals surface area contributed by atoms with Crippen LogP contribution in [-0.4, -0.2) is 121 Å². The maximum absolute atomic E-state index is 12.8. The van der Waals surface area contributed by atoms with E-state index in [0.29, 0.717) is 38.5 Å². The van der Waals surface area contributed by atoms with E-state index in [2.05, 4.69) is 50.3 Å². The van der Waals surface area contributed by atoms with E-state index in [1.807, 2.05) is 12.2 Å². The molecule has 0 spiro atoms. The van der Waals surface area contributed by atoms with Crippen molar-refractivity contribution in [1.82, 2.24) is 0 Å². The van der Waals surface area contributed by atoms with E-state index in [9.17, 15) is 54.8 Å². The van der Waals surface area contributed by atoms with Crippen LogP contribution in [0.4, 0.5) is 0 Å². The monoisotopic (exact) mass is 919 g/mol. The molecule has 8 N–H and O–H groups in total. The predicted molar refractivity (Wildman–Crippen MR) is 242 cm³/mol. The second kappa shape index (κ2) is 36.9. The highest BCUT2D eigenvalue weighted by Gasteiger charge is 2.51. The molecule has 15 nitrogen and oxygen atoms in total. The molecule has 0 amide bonds. The lowest BCUT2D eigenvalue weighted by Gasteiger charge is -2.41. The highest BCUT2D eigenvalue weighted by atomic mass is 31.2. The Morgan fingerprint density at radius 1 is 0.556 bits per heavy atom. The van der Waals surface area contributed by atoms with Gasteiger partial charge < -0.3 is 50.1 Å². The van der Waals surface area contributed by atoms with Gasteiger partial charge in [0.25, 0.3) is 0 Å². The van der Waals surface area contributed by atoms with Gasteiger partial charge in [-0.05, 0) is 77.0 Å². The minimum Gasteiger partial charge on any atom is -0.462 e. The Balaban J connectivity index is 2.53. The van der Waals surface area contributed by atoms with Crippen LogP contribution in [0.2, 0.25) is 0 Å². The largest absolute Gasteiger partial charge is 0.472 e. The minimum atomic E-state index is -5.17. The van der Waals surface area contributed by atoms with Gasteiger partial charge in [-0.1, -0.05) is 127 Å². The minimum absolute atomic E-state index is 0.00896. The van der Waals surface area contributed by atoms with Crippen molar-refractivity contribution < 1.29 is 73.3 Å². The van der Waals surface area contributed by atoms with Crippen LogP contribution in [0.3, 0.4) is 0 Å². The zero-order valence-electron chi connectivity index (χ0n) is 38.1. The second-order valence-corrected chi connectivity index (χ2v) is 18.0. The molecule has 1 rings (SSSR count). The third-order valence-corrected chi connectivity index (χ3v) is 11.8. The molecule has 3 unspecified atom stereocenters. The van der Waals surface area contributed by atoms with E-state index in [1.54, 1.807) is 0 Å². The Labute approximate surface area is 376 Å². The number of hydrogen-bond donors (Lipinski definition) is 8. The maximum Gasteiger partial charge on any atom is 0.472 e. The van der Waals surface area contributed by atoms with Crippen molar-refractivity contribution >= 4 is 19.8 Å². The van der Waals surface area contributed by atoms with Crippen LogP contribution in [0.1, 0.15) is 168 Å². The number of ether oxygens (including phenoxy) is 2. The Bertz CT molecular complexity index is 1320. The molecule has 0 aromatic carbocycles. The fraction of sp³-hybridized carbons (Fsp3) is 0.787. The second-order valence-electron chi connectivity index (χ2n) is 16.6. The smallest absolute Gasteiger partial charge is 0.462 e. The average Bonchev–Trinajstić information content (AvgIpc) is 3.26. The summed E-state index contributed by atoms with van der Waals surface area (Å²) in [5.74, 6) is -1.24. The Morgan fingerprint density at radius 2 is 1.02 bits per heavy atom. The number of aliphatic hydroxyl groups is 7. The summed E-state index contributed by atoms with van der Waals surface area (Å²) < 4.78 is 33.4. The van der Waals surface area contributed by atoms with Crippen molar-refractivity contribution in [2.45, 2.75) is 223 Å². The number of carbonyl (C=O) groups is 2. The highest BCUT2D eigenvalue weighted by Crippen LogP contribution is 2.47. The Hall–Kier alpha value is -2.27. The third kappa shape index (κ3) is 29.1. The molecule has 1 aliphatic carbocycles. The molecule has 0 aromatic rings. The summed E-state index contributed by atoms with van der Waals surface area (Å²) >= 11 is 0. The highest BCUT2D eigenvalue weighted by molar-refractivity contribution is 7.47. The number of aliphatic hydroxyl groups excluding tert-OH is 7. The van der Waals surface area contributed by atoms with Gasteiger partial charge in [-0.2, -0.15) is 0 Å². The molecule has 1 aliphatic rings. The summed E-state index contributed by atoms with van der Waals surface area (Å²) in [4.78, 5) is 35.7. The van der Waals surface area contributed by atoms with Crippen LogP contribution < -0.4 is 0 Å². The summed E-state index contributed by atoms with van der Waals surface area (Å²) in [7, 11) is -5.17. The summed E-state index contributed by atoms with van der Waals surface area (Å²) in [6.07, 6.45) is 21.7. The maximum atomic E-state index is 12.8. The van der Waals surface area contributed by atoms with Gasteiger partial charge in [-0.25, -0.2) is 4.57 Å². The van der Waals surface area contributed by atoms with Crippen molar-refractivity contribution in [2.75, 3.05) is 13.2 Å². The van der Waals surface area contributed by atoms with Gasteiger partial charge in [0.1, 0.15) is 43.2 Å². The van der Waals surface area contributed by atoms with Crippen molar-refractivity contribution in [3.8, 4) is 0 Å². The molecule has 0 heterocycles. The zero-order chi connectivity index (χ0) is 46.7. The van der Waals surface area contributed by atoms with E-state index in [-0.39, 0.29) is 12.8 Å². The van der Waals surface area contributed by atoms with Crippen molar-refractivity contribution in [2.24, 2.45) is 0 Å². The Morgan fingerprint density at radius 3 is 1.59 bits per heavy atom. The van der Waals surface area contributed by atoms with Crippen LogP contribution in [0.5, 0.6) is 0 Å². The number of allylic oxidation sites excluding steroid dienone is 7. The van der Waals surface area contributed by atoms with E-state index >= 15 is 0 Å². The van der Waals surface area contributed by atoms with Gasteiger partial charge in [0.15, 0.2) is 6.10 Å². The van der Waals surface area contributed by atoms with E-state index in [0.717, 1.165) is 77.0 Å². The van der Waals surface area contributed by atoms with Crippen LogP contribution >= 0.6 is 7.82 Å². The SMILES string of the molecule is CCCCC/C=C\C/C=C\C/C=C\CCCCCCC(=O)OC[C@H](COP(=O)(O)OC1[C@H](O)[C@H](O)C(O)[C@H](O)[C@H]1O)OC(=O)CCCCCCC[C@H](O)[C@@H](O)C/C=C\CCCCC. The van der Waals surface area contributed by atoms with Crippen LogP contribution in [-0.2, 0) is 32.7 Å². The van der Waals surface area contributed by atoms with Gasteiger partial charge in [-0.3, -0.25) is 18.6 Å². The summed E-state index contributed by atoms with van der Waals surface area (Å²) in [5, 5.41) is 70.7. The molecule has 0 bridgehead atoms. The molecule has 10 atom stereocenters. The number of phosphoric ester groups is 1. The molecular formula is C47H83O15P. The molecule has 366 valence electrons. The zero-order valence-corrected chi connectivity index (χ0v) is 39.0. The molecule has 0 radical (unpaired) electrons.